The Morgan fingerprint density at radius 1 is 1.19 bits per heavy atom. The number of carboxylic acid groups (broad SMARTS) is 1. The third-order valence-electron chi connectivity index (χ3n) is 3.68. The van der Waals surface area contributed by atoms with Gasteiger partial charge in [0.2, 0.25) is 0 Å². The molecule has 0 atom stereocenters. The Balaban J connectivity index is 2.00. The average Bonchev–Trinajstić information content (AvgIpc) is 2.73. The molecule has 0 saturated carbocycles. The minimum Gasteiger partial charge on any atom is -0.483 e. The first-order valence-electron chi connectivity index (χ1n) is 7.32. The first-order valence-corrected chi connectivity index (χ1v) is 7.32. The van der Waals surface area contributed by atoms with Gasteiger partial charge in [-0.2, -0.15) is 0 Å². The SMILES string of the molecule is Cc1ccc(C(=O)O)c(OCC(=O)N2CCCCCC2)c1. The molecule has 1 aliphatic heterocycles. The molecule has 1 amide bonds. The summed E-state index contributed by atoms with van der Waals surface area (Å²) in [5.74, 6) is -0.868. The first kappa shape index (κ1) is 15.4. The molecular weight excluding hydrogens is 270 g/mol. The number of hydrogen-bond donors (Lipinski definition) is 1. The third-order valence-corrected chi connectivity index (χ3v) is 3.68. The summed E-state index contributed by atoms with van der Waals surface area (Å²) in [6, 6.07) is 4.87. The smallest absolute Gasteiger partial charge is 0.339 e. The van der Waals surface area contributed by atoms with Crippen LogP contribution in [0.25, 0.3) is 0 Å². The Labute approximate surface area is 124 Å². The molecule has 2 rings (SSSR count). The summed E-state index contributed by atoms with van der Waals surface area (Å²) in [5.41, 5.74) is 0.987. The summed E-state index contributed by atoms with van der Waals surface area (Å²) in [5, 5.41) is 9.13. The van der Waals surface area contributed by atoms with Gasteiger partial charge in [0.1, 0.15) is 11.3 Å². The summed E-state index contributed by atoms with van der Waals surface area (Å²) in [6.45, 7) is 3.28. The molecule has 1 aromatic rings. The molecule has 0 radical (unpaired) electrons. The van der Waals surface area contributed by atoms with Crippen LogP contribution in [0.2, 0.25) is 0 Å². The van der Waals surface area contributed by atoms with Crippen LogP contribution < -0.4 is 4.74 Å². The zero-order valence-electron chi connectivity index (χ0n) is 12.3. The van der Waals surface area contributed by atoms with E-state index in [1.807, 2.05) is 11.8 Å². The van der Waals surface area contributed by atoms with E-state index in [1.54, 1.807) is 12.1 Å². The fourth-order valence-corrected chi connectivity index (χ4v) is 2.48. The fraction of sp³-hybridized carbons (Fsp3) is 0.500. The second kappa shape index (κ2) is 7.11. The van der Waals surface area contributed by atoms with Gasteiger partial charge < -0.3 is 14.7 Å². The highest BCUT2D eigenvalue weighted by molar-refractivity contribution is 5.91. The molecule has 1 saturated heterocycles. The molecule has 1 fully saturated rings. The molecule has 114 valence electrons. The van der Waals surface area contributed by atoms with Gasteiger partial charge in [-0.05, 0) is 37.5 Å². The van der Waals surface area contributed by atoms with E-state index >= 15 is 0 Å². The number of rotatable bonds is 4. The van der Waals surface area contributed by atoms with Crippen molar-refractivity contribution in [1.82, 2.24) is 4.90 Å². The van der Waals surface area contributed by atoms with Gasteiger partial charge in [0.05, 0.1) is 0 Å². The molecule has 5 heteroatoms. The van der Waals surface area contributed by atoms with Gasteiger partial charge >= 0.3 is 5.97 Å². The van der Waals surface area contributed by atoms with E-state index in [2.05, 4.69) is 0 Å². The van der Waals surface area contributed by atoms with E-state index in [1.165, 1.54) is 6.07 Å². The van der Waals surface area contributed by atoms with E-state index in [0.29, 0.717) is 0 Å². The van der Waals surface area contributed by atoms with Crippen molar-refractivity contribution in [2.45, 2.75) is 32.6 Å². The lowest BCUT2D eigenvalue weighted by Gasteiger charge is -2.20. The number of aromatic carboxylic acids is 1. The Morgan fingerprint density at radius 3 is 2.48 bits per heavy atom. The van der Waals surface area contributed by atoms with E-state index in [9.17, 15) is 9.59 Å². The van der Waals surface area contributed by atoms with Crippen molar-refractivity contribution in [3.63, 3.8) is 0 Å². The van der Waals surface area contributed by atoms with Crippen LogP contribution >= 0.6 is 0 Å². The van der Waals surface area contributed by atoms with Crippen molar-refractivity contribution < 1.29 is 19.4 Å². The lowest BCUT2D eigenvalue weighted by atomic mass is 10.1. The van der Waals surface area contributed by atoms with Gasteiger partial charge in [-0.1, -0.05) is 18.9 Å². The molecule has 0 aromatic heterocycles. The highest BCUT2D eigenvalue weighted by Crippen LogP contribution is 2.20. The normalized spacial score (nSPS) is 15.4. The zero-order chi connectivity index (χ0) is 15.2. The molecule has 1 N–H and O–H groups in total. The van der Waals surface area contributed by atoms with Crippen LogP contribution in [0.5, 0.6) is 5.75 Å². The van der Waals surface area contributed by atoms with Crippen LogP contribution in [0.1, 0.15) is 41.6 Å². The lowest BCUT2D eigenvalue weighted by molar-refractivity contribution is -0.133. The fourth-order valence-electron chi connectivity index (χ4n) is 2.48. The third kappa shape index (κ3) is 4.21. The van der Waals surface area contributed by atoms with Crippen LogP contribution in [-0.2, 0) is 4.79 Å². The predicted molar refractivity (Wildman–Crippen MR) is 78.7 cm³/mol. The van der Waals surface area contributed by atoms with E-state index in [0.717, 1.165) is 44.3 Å². The van der Waals surface area contributed by atoms with Gasteiger partial charge in [-0.15, -0.1) is 0 Å². The summed E-state index contributed by atoms with van der Waals surface area (Å²) in [7, 11) is 0. The summed E-state index contributed by atoms with van der Waals surface area (Å²) >= 11 is 0. The molecule has 0 spiro atoms. The van der Waals surface area contributed by atoms with Crippen molar-refractivity contribution >= 4 is 11.9 Å². The number of ether oxygens (including phenoxy) is 1. The minimum atomic E-state index is -1.05. The van der Waals surface area contributed by atoms with Crippen molar-refractivity contribution in [3.05, 3.63) is 29.3 Å². The second-order valence-electron chi connectivity index (χ2n) is 5.39. The van der Waals surface area contributed by atoms with Crippen LogP contribution in [0.15, 0.2) is 18.2 Å². The van der Waals surface area contributed by atoms with Crippen molar-refractivity contribution in [3.8, 4) is 5.75 Å². The van der Waals surface area contributed by atoms with Gasteiger partial charge in [0, 0.05) is 13.1 Å². The molecule has 0 bridgehead atoms. The lowest BCUT2D eigenvalue weighted by Crippen LogP contribution is -2.35. The van der Waals surface area contributed by atoms with Gasteiger partial charge in [-0.3, -0.25) is 4.79 Å². The maximum atomic E-state index is 12.1. The minimum absolute atomic E-state index is 0.0743. The summed E-state index contributed by atoms with van der Waals surface area (Å²) in [4.78, 5) is 25.1. The summed E-state index contributed by atoms with van der Waals surface area (Å²) < 4.78 is 5.46. The Hall–Kier alpha value is -2.04. The van der Waals surface area contributed by atoms with E-state index in [-0.39, 0.29) is 23.8 Å². The predicted octanol–water partition coefficient (Wildman–Crippen LogP) is 2.47. The van der Waals surface area contributed by atoms with Crippen molar-refractivity contribution in [2.24, 2.45) is 0 Å². The molecule has 0 unspecified atom stereocenters. The van der Waals surface area contributed by atoms with Crippen molar-refractivity contribution in [2.75, 3.05) is 19.7 Å². The quantitative estimate of drug-likeness (QED) is 0.925. The first-order chi connectivity index (χ1) is 10.1. The number of nitrogens with zero attached hydrogens (tertiary/aromatic N) is 1. The van der Waals surface area contributed by atoms with Crippen LogP contribution in [0.4, 0.5) is 0 Å². The number of aryl methyl sites for hydroxylation is 1. The number of benzene rings is 1. The number of carbonyl (C=O) groups is 2. The molecule has 1 heterocycles. The van der Waals surface area contributed by atoms with Gasteiger partial charge in [0.25, 0.3) is 5.91 Å². The molecule has 1 aliphatic rings. The number of carboxylic acids is 1. The van der Waals surface area contributed by atoms with E-state index in [4.69, 9.17) is 9.84 Å². The number of hydrogen-bond acceptors (Lipinski definition) is 3. The summed E-state index contributed by atoms with van der Waals surface area (Å²) in [6.07, 6.45) is 4.37. The molecule has 5 nitrogen and oxygen atoms in total. The van der Waals surface area contributed by atoms with E-state index < -0.39 is 5.97 Å². The van der Waals surface area contributed by atoms with Gasteiger partial charge in [0.15, 0.2) is 6.61 Å². The number of amides is 1. The Kier molecular flexibility index (Phi) is 5.20. The highest BCUT2D eigenvalue weighted by Gasteiger charge is 2.18. The maximum Gasteiger partial charge on any atom is 0.339 e. The Morgan fingerprint density at radius 2 is 1.86 bits per heavy atom. The molecule has 21 heavy (non-hydrogen) atoms. The maximum absolute atomic E-state index is 12.1. The van der Waals surface area contributed by atoms with Crippen molar-refractivity contribution in [1.29, 1.82) is 0 Å². The molecular formula is C16H21NO4. The standard InChI is InChI=1S/C16H21NO4/c1-12-6-7-13(16(19)20)14(10-12)21-11-15(18)17-8-4-2-3-5-9-17/h6-7,10H,2-5,8-9,11H2,1H3,(H,19,20). The number of carbonyl (C=O) groups excluding carboxylic acids is 1. The highest BCUT2D eigenvalue weighted by atomic mass is 16.5. The Bertz CT molecular complexity index is 519. The molecule has 1 aromatic carbocycles. The average molecular weight is 291 g/mol. The van der Waals surface area contributed by atoms with Crippen LogP contribution in [0.3, 0.4) is 0 Å². The monoisotopic (exact) mass is 291 g/mol. The molecule has 0 aliphatic carbocycles. The second-order valence-corrected chi connectivity index (χ2v) is 5.39. The van der Waals surface area contributed by atoms with Gasteiger partial charge in [-0.25, -0.2) is 4.79 Å². The zero-order valence-corrected chi connectivity index (χ0v) is 12.3. The van der Waals surface area contributed by atoms with Crippen LogP contribution in [0, 0.1) is 6.92 Å². The number of likely N-dealkylation sites (tertiary alicyclic amines) is 1. The topological polar surface area (TPSA) is 66.8 Å². The largest absolute Gasteiger partial charge is 0.483 e. The van der Waals surface area contributed by atoms with Crippen LogP contribution in [-0.4, -0.2) is 41.6 Å².